The van der Waals surface area contributed by atoms with Crippen LogP contribution < -0.4 is 10.2 Å². The highest BCUT2D eigenvalue weighted by Crippen LogP contribution is 2.26. The van der Waals surface area contributed by atoms with E-state index >= 15 is 0 Å². The van der Waals surface area contributed by atoms with Crippen LogP contribution in [0.1, 0.15) is 18.4 Å². The lowest BCUT2D eigenvalue weighted by Gasteiger charge is -2.35. The van der Waals surface area contributed by atoms with E-state index in [4.69, 9.17) is 0 Å². The molecule has 0 aromatic heterocycles. The molecule has 2 aromatic rings. The number of anilines is 1. The summed E-state index contributed by atoms with van der Waals surface area (Å²) in [5.41, 5.74) is 1.43. The van der Waals surface area contributed by atoms with E-state index in [1.54, 1.807) is 41.3 Å². The van der Waals surface area contributed by atoms with Gasteiger partial charge in [0.1, 0.15) is 12.4 Å². The summed E-state index contributed by atoms with van der Waals surface area (Å²) in [6, 6.07) is 14.7. The molecule has 2 aromatic carbocycles. The number of halogens is 1. The largest absolute Gasteiger partial charge is 0.351 e. The van der Waals surface area contributed by atoms with Crippen LogP contribution in [-0.4, -0.2) is 59.9 Å². The molecule has 0 spiro atoms. The quantitative estimate of drug-likeness (QED) is 0.723. The lowest BCUT2D eigenvalue weighted by Crippen LogP contribution is -2.48. The molecule has 2 aliphatic heterocycles. The zero-order valence-electron chi connectivity index (χ0n) is 17.2. The Morgan fingerprint density at radius 2 is 1.68 bits per heavy atom. The topological polar surface area (TPSA) is 73.0 Å². The van der Waals surface area contributed by atoms with Crippen molar-refractivity contribution in [2.75, 3.05) is 31.1 Å². The third kappa shape index (κ3) is 4.91. The first-order chi connectivity index (χ1) is 15.0. The SMILES string of the molecule is O=C(CN1CCC(N2CC(=O)N(c3ccccc3)C2=O)CC1)NCc1ccc(F)cc1. The van der Waals surface area contributed by atoms with Crippen LogP contribution >= 0.6 is 0 Å². The maximum Gasteiger partial charge on any atom is 0.332 e. The third-order valence-electron chi connectivity index (χ3n) is 5.77. The summed E-state index contributed by atoms with van der Waals surface area (Å²) >= 11 is 0. The van der Waals surface area contributed by atoms with Crippen LogP contribution in [0.15, 0.2) is 54.6 Å². The van der Waals surface area contributed by atoms with Crippen molar-refractivity contribution in [3.05, 3.63) is 66.0 Å². The van der Waals surface area contributed by atoms with Crippen molar-refractivity contribution < 1.29 is 18.8 Å². The molecule has 162 valence electrons. The van der Waals surface area contributed by atoms with E-state index in [1.165, 1.54) is 17.0 Å². The number of nitrogens with zero attached hydrogens (tertiary/aromatic N) is 3. The molecule has 0 unspecified atom stereocenters. The average Bonchev–Trinajstić information content (AvgIpc) is 3.08. The van der Waals surface area contributed by atoms with Crippen LogP contribution in [0, 0.1) is 5.82 Å². The van der Waals surface area contributed by atoms with Gasteiger partial charge in [0, 0.05) is 25.7 Å². The Morgan fingerprint density at radius 3 is 2.35 bits per heavy atom. The number of likely N-dealkylation sites (tertiary alicyclic amines) is 1. The van der Waals surface area contributed by atoms with Crippen LogP contribution in [0.3, 0.4) is 0 Å². The second kappa shape index (κ2) is 9.26. The first-order valence-corrected chi connectivity index (χ1v) is 10.4. The molecular weight excluding hydrogens is 399 g/mol. The highest BCUT2D eigenvalue weighted by atomic mass is 19.1. The molecular formula is C23H25FN4O3. The first-order valence-electron chi connectivity index (χ1n) is 10.4. The Balaban J connectivity index is 1.25. The molecule has 2 heterocycles. The Kier molecular flexibility index (Phi) is 6.27. The van der Waals surface area contributed by atoms with E-state index in [0.717, 1.165) is 5.56 Å². The maximum atomic E-state index is 13.0. The number of urea groups is 1. The second-order valence-electron chi connectivity index (χ2n) is 7.89. The second-order valence-corrected chi connectivity index (χ2v) is 7.89. The summed E-state index contributed by atoms with van der Waals surface area (Å²) in [6.45, 7) is 2.08. The van der Waals surface area contributed by atoms with Gasteiger partial charge in [0.05, 0.1) is 12.2 Å². The van der Waals surface area contributed by atoms with Crippen LogP contribution in [0.25, 0.3) is 0 Å². The fourth-order valence-electron chi connectivity index (χ4n) is 4.09. The minimum Gasteiger partial charge on any atom is -0.351 e. The van der Waals surface area contributed by atoms with Crippen molar-refractivity contribution in [2.45, 2.75) is 25.4 Å². The molecule has 2 fully saturated rings. The highest BCUT2D eigenvalue weighted by Gasteiger charge is 2.41. The molecule has 0 saturated carbocycles. The van der Waals surface area contributed by atoms with E-state index in [2.05, 4.69) is 5.32 Å². The first kappa shape index (κ1) is 21.0. The Hall–Kier alpha value is -3.26. The molecule has 4 rings (SSSR count). The number of hydrogen-bond donors (Lipinski definition) is 1. The zero-order valence-corrected chi connectivity index (χ0v) is 17.2. The predicted octanol–water partition coefficient (Wildman–Crippen LogP) is 2.38. The van der Waals surface area contributed by atoms with Gasteiger partial charge in [0.2, 0.25) is 5.91 Å². The Labute approximate surface area is 180 Å². The normalized spacial score (nSPS) is 18.0. The van der Waals surface area contributed by atoms with Gasteiger partial charge < -0.3 is 10.2 Å². The van der Waals surface area contributed by atoms with E-state index in [1.807, 2.05) is 11.0 Å². The summed E-state index contributed by atoms with van der Waals surface area (Å²) in [7, 11) is 0. The Bertz CT molecular complexity index is 943. The maximum absolute atomic E-state index is 13.0. The molecule has 0 radical (unpaired) electrons. The van der Waals surface area contributed by atoms with Crippen molar-refractivity contribution in [2.24, 2.45) is 0 Å². The third-order valence-corrected chi connectivity index (χ3v) is 5.77. The van der Waals surface area contributed by atoms with Gasteiger partial charge in [-0.05, 0) is 42.7 Å². The minimum absolute atomic E-state index is 0.0105. The monoisotopic (exact) mass is 424 g/mol. The van der Waals surface area contributed by atoms with Crippen LogP contribution in [0.4, 0.5) is 14.9 Å². The van der Waals surface area contributed by atoms with Gasteiger partial charge in [0.25, 0.3) is 5.91 Å². The van der Waals surface area contributed by atoms with E-state index < -0.39 is 0 Å². The van der Waals surface area contributed by atoms with E-state index in [9.17, 15) is 18.8 Å². The van der Waals surface area contributed by atoms with Crippen molar-refractivity contribution in [3.63, 3.8) is 0 Å². The molecule has 31 heavy (non-hydrogen) atoms. The molecule has 2 saturated heterocycles. The van der Waals surface area contributed by atoms with E-state index in [0.29, 0.717) is 38.2 Å². The fraction of sp³-hybridized carbons (Fsp3) is 0.348. The summed E-state index contributed by atoms with van der Waals surface area (Å²) in [5.74, 6) is -0.604. The van der Waals surface area contributed by atoms with Crippen LogP contribution in [-0.2, 0) is 16.1 Å². The van der Waals surface area contributed by atoms with Gasteiger partial charge in [-0.1, -0.05) is 30.3 Å². The van der Waals surface area contributed by atoms with Crippen molar-refractivity contribution >= 4 is 23.5 Å². The molecule has 0 atom stereocenters. The number of amides is 4. The minimum atomic E-state index is -0.303. The summed E-state index contributed by atoms with van der Waals surface area (Å²) in [4.78, 5) is 42.5. The fourth-order valence-corrected chi connectivity index (χ4v) is 4.09. The highest BCUT2D eigenvalue weighted by molar-refractivity contribution is 6.19. The number of piperidine rings is 1. The number of carbonyl (C=O) groups excluding carboxylic acids is 3. The van der Waals surface area contributed by atoms with Crippen molar-refractivity contribution in [1.29, 1.82) is 0 Å². The smallest absolute Gasteiger partial charge is 0.332 e. The molecule has 4 amide bonds. The van der Waals surface area contributed by atoms with Crippen LogP contribution in [0.5, 0.6) is 0 Å². The Morgan fingerprint density at radius 1 is 1.00 bits per heavy atom. The molecule has 8 heteroatoms. The van der Waals surface area contributed by atoms with E-state index in [-0.39, 0.29) is 42.8 Å². The molecule has 0 bridgehead atoms. The number of nitrogens with one attached hydrogen (secondary N) is 1. The summed E-state index contributed by atoms with van der Waals surface area (Å²) in [5, 5.41) is 2.85. The summed E-state index contributed by atoms with van der Waals surface area (Å²) in [6.07, 6.45) is 1.43. The lowest BCUT2D eigenvalue weighted by molar-refractivity contribution is -0.122. The van der Waals surface area contributed by atoms with Gasteiger partial charge in [-0.25, -0.2) is 14.1 Å². The van der Waals surface area contributed by atoms with Crippen molar-refractivity contribution in [1.82, 2.24) is 15.1 Å². The number of rotatable bonds is 6. The average molecular weight is 424 g/mol. The number of carbonyl (C=O) groups is 3. The van der Waals surface area contributed by atoms with Gasteiger partial charge in [-0.2, -0.15) is 0 Å². The van der Waals surface area contributed by atoms with Gasteiger partial charge >= 0.3 is 6.03 Å². The standard InChI is InChI=1S/C23H25FN4O3/c24-18-8-6-17(7-9-18)14-25-21(29)15-26-12-10-19(11-13-26)27-16-22(30)28(23(27)31)20-4-2-1-3-5-20/h1-9,19H,10-16H2,(H,25,29). The zero-order chi connectivity index (χ0) is 21.8. The van der Waals surface area contributed by atoms with Gasteiger partial charge in [-0.3, -0.25) is 14.5 Å². The van der Waals surface area contributed by atoms with Crippen LogP contribution in [0.2, 0.25) is 0 Å². The molecule has 2 aliphatic rings. The number of imide groups is 1. The molecule has 7 nitrogen and oxygen atoms in total. The number of benzene rings is 2. The number of hydrogen-bond acceptors (Lipinski definition) is 4. The molecule has 1 N–H and O–H groups in total. The summed E-state index contributed by atoms with van der Waals surface area (Å²) < 4.78 is 13.0. The number of para-hydroxylation sites is 1. The van der Waals surface area contributed by atoms with Crippen molar-refractivity contribution in [3.8, 4) is 0 Å². The van der Waals surface area contributed by atoms with Gasteiger partial charge in [-0.15, -0.1) is 0 Å². The molecule has 0 aliphatic carbocycles. The lowest BCUT2D eigenvalue weighted by atomic mass is 10.0. The predicted molar refractivity (Wildman–Crippen MR) is 114 cm³/mol. The van der Waals surface area contributed by atoms with Gasteiger partial charge in [0.15, 0.2) is 0 Å².